The van der Waals surface area contributed by atoms with Crippen LogP contribution in [-0.2, 0) is 0 Å². The van der Waals surface area contributed by atoms with Gasteiger partial charge in [-0.3, -0.25) is 4.79 Å². The Morgan fingerprint density at radius 3 is 2.45 bits per heavy atom. The van der Waals surface area contributed by atoms with Crippen LogP contribution in [0.4, 0.5) is 0 Å². The van der Waals surface area contributed by atoms with Crippen molar-refractivity contribution in [3.63, 3.8) is 0 Å². The molecule has 22 heavy (non-hydrogen) atoms. The predicted molar refractivity (Wildman–Crippen MR) is 86.7 cm³/mol. The average molecular weight is 299 g/mol. The maximum atomic E-state index is 12.4. The van der Waals surface area contributed by atoms with Crippen LogP contribution in [0.25, 0.3) is 0 Å². The second kappa shape index (κ2) is 7.61. The van der Waals surface area contributed by atoms with Gasteiger partial charge in [0.25, 0.3) is 0 Å². The van der Waals surface area contributed by atoms with Gasteiger partial charge in [-0.2, -0.15) is 0 Å². The van der Waals surface area contributed by atoms with Crippen LogP contribution in [0, 0.1) is 0 Å². The average Bonchev–Trinajstić information content (AvgIpc) is 2.59. The minimum absolute atomic E-state index is 0.0291. The minimum Gasteiger partial charge on any atom is -0.497 e. The highest BCUT2D eigenvalue weighted by Crippen LogP contribution is 2.24. The van der Waals surface area contributed by atoms with Gasteiger partial charge in [0.05, 0.1) is 26.3 Å². The van der Waals surface area contributed by atoms with E-state index in [0.29, 0.717) is 17.1 Å². The zero-order valence-electron chi connectivity index (χ0n) is 13.1. The Balaban J connectivity index is 2.06. The number of methoxy groups -OCH3 is 2. The Hall–Kier alpha value is -2.33. The number of carbonyl (C=O) groups is 1. The van der Waals surface area contributed by atoms with E-state index in [1.165, 1.54) is 0 Å². The van der Waals surface area contributed by atoms with Crippen molar-refractivity contribution < 1.29 is 14.3 Å². The summed E-state index contributed by atoms with van der Waals surface area (Å²) in [4.78, 5) is 12.4. The van der Waals surface area contributed by atoms with E-state index in [2.05, 4.69) is 5.32 Å². The molecule has 0 aliphatic heterocycles. The summed E-state index contributed by atoms with van der Waals surface area (Å²) in [6.07, 6.45) is 0. The number of ether oxygens (including phenoxy) is 2. The first-order chi connectivity index (χ1) is 10.7. The number of nitrogens with one attached hydrogen (secondary N) is 1. The van der Waals surface area contributed by atoms with Crippen LogP contribution in [0.1, 0.15) is 28.9 Å². The van der Waals surface area contributed by atoms with E-state index in [1.54, 1.807) is 32.4 Å². The summed E-state index contributed by atoms with van der Waals surface area (Å²) in [5.74, 6) is 1.17. The van der Waals surface area contributed by atoms with Crippen LogP contribution in [-0.4, -0.2) is 26.5 Å². The lowest BCUT2D eigenvalue weighted by molar-refractivity contribution is 0.0984. The molecule has 0 saturated heterocycles. The molecule has 2 aromatic carbocycles. The SMILES string of the molecule is COc1ccc(OC)c(C(=O)CNC(C)c2ccccc2)c1. The Morgan fingerprint density at radius 2 is 1.82 bits per heavy atom. The fraction of sp³-hybridized carbons (Fsp3) is 0.278. The zero-order valence-corrected chi connectivity index (χ0v) is 13.1. The largest absolute Gasteiger partial charge is 0.497 e. The summed E-state index contributed by atoms with van der Waals surface area (Å²) in [6.45, 7) is 2.27. The standard InChI is InChI=1S/C18H21NO3/c1-13(14-7-5-4-6-8-14)19-12-17(20)16-11-15(21-2)9-10-18(16)22-3/h4-11,13,19H,12H2,1-3H3. The van der Waals surface area contributed by atoms with Crippen molar-refractivity contribution in [3.05, 3.63) is 59.7 Å². The molecule has 0 fully saturated rings. The zero-order chi connectivity index (χ0) is 15.9. The van der Waals surface area contributed by atoms with Gasteiger partial charge in [-0.25, -0.2) is 0 Å². The first kappa shape index (κ1) is 16.0. The van der Waals surface area contributed by atoms with Gasteiger partial charge in [-0.05, 0) is 30.7 Å². The molecular formula is C18H21NO3. The lowest BCUT2D eigenvalue weighted by Crippen LogP contribution is -2.26. The summed E-state index contributed by atoms with van der Waals surface area (Å²) in [5, 5.41) is 3.24. The van der Waals surface area contributed by atoms with Crippen molar-refractivity contribution in [3.8, 4) is 11.5 Å². The van der Waals surface area contributed by atoms with Gasteiger partial charge < -0.3 is 14.8 Å². The van der Waals surface area contributed by atoms with Crippen molar-refractivity contribution in [1.82, 2.24) is 5.32 Å². The second-order valence-electron chi connectivity index (χ2n) is 5.00. The fourth-order valence-electron chi connectivity index (χ4n) is 2.23. The van der Waals surface area contributed by atoms with Crippen molar-refractivity contribution in [2.45, 2.75) is 13.0 Å². The summed E-state index contributed by atoms with van der Waals surface area (Å²) in [7, 11) is 3.13. The molecule has 116 valence electrons. The van der Waals surface area contributed by atoms with Gasteiger partial charge in [0.15, 0.2) is 5.78 Å². The number of benzene rings is 2. The van der Waals surface area contributed by atoms with E-state index < -0.39 is 0 Å². The third-order valence-corrected chi connectivity index (χ3v) is 3.58. The van der Waals surface area contributed by atoms with Crippen molar-refractivity contribution in [2.75, 3.05) is 20.8 Å². The molecule has 1 atom stereocenters. The Kier molecular flexibility index (Phi) is 5.55. The molecule has 4 nitrogen and oxygen atoms in total. The van der Waals surface area contributed by atoms with E-state index in [9.17, 15) is 4.79 Å². The lowest BCUT2D eigenvalue weighted by atomic mass is 10.1. The molecule has 2 aromatic rings. The third kappa shape index (κ3) is 3.86. The van der Waals surface area contributed by atoms with Gasteiger partial charge in [-0.1, -0.05) is 30.3 Å². The minimum atomic E-state index is -0.0291. The van der Waals surface area contributed by atoms with E-state index in [0.717, 1.165) is 5.56 Å². The fourth-order valence-corrected chi connectivity index (χ4v) is 2.23. The van der Waals surface area contributed by atoms with Gasteiger partial charge in [0.1, 0.15) is 11.5 Å². The maximum Gasteiger partial charge on any atom is 0.180 e. The predicted octanol–water partition coefficient (Wildman–Crippen LogP) is 3.24. The molecular weight excluding hydrogens is 278 g/mol. The van der Waals surface area contributed by atoms with Gasteiger partial charge in [-0.15, -0.1) is 0 Å². The van der Waals surface area contributed by atoms with Crippen LogP contribution in [0.5, 0.6) is 11.5 Å². The summed E-state index contributed by atoms with van der Waals surface area (Å²) < 4.78 is 10.4. The van der Waals surface area contributed by atoms with Gasteiger partial charge >= 0.3 is 0 Å². The molecule has 0 saturated carbocycles. The second-order valence-corrected chi connectivity index (χ2v) is 5.00. The molecule has 0 spiro atoms. The van der Waals surface area contributed by atoms with Crippen molar-refractivity contribution in [2.24, 2.45) is 0 Å². The van der Waals surface area contributed by atoms with Crippen molar-refractivity contribution in [1.29, 1.82) is 0 Å². The molecule has 0 aliphatic rings. The van der Waals surface area contributed by atoms with Crippen LogP contribution in [0.3, 0.4) is 0 Å². The van der Waals surface area contributed by atoms with Crippen LogP contribution >= 0.6 is 0 Å². The van der Waals surface area contributed by atoms with E-state index in [4.69, 9.17) is 9.47 Å². The van der Waals surface area contributed by atoms with Crippen LogP contribution in [0.15, 0.2) is 48.5 Å². The third-order valence-electron chi connectivity index (χ3n) is 3.58. The van der Waals surface area contributed by atoms with E-state index in [1.807, 2.05) is 37.3 Å². The number of rotatable bonds is 7. The quantitative estimate of drug-likeness (QED) is 0.797. The number of hydrogen-bond acceptors (Lipinski definition) is 4. The van der Waals surface area contributed by atoms with E-state index >= 15 is 0 Å². The molecule has 0 heterocycles. The van der Waals surface area contributed by atoms with E-state index in [-0.39, 0.29) is 18.4 Å². The normalized spacial score (nSPS) is 11.8. The van der Waals surface area contributed by atoms with Crippen LogP contribution < -0.4 is 14.8 Å². The maximum absolute atomic E-state index is 12.4. The number of Topliss-reactive ketones (excluding diaryl/α,β-unsaturated/α-hetero) is 1. The number of hydrogen-bond donors (Lipinski definition) is 1. The first-order valence-corrected chi connectivity index (χ1v) is 7.19. The molecule has 4 heteroatoms. The van der Waals surface area contributed by atoms with Crippen molar-refractivity contribution >= 4 is 5.78 Å². The van der Waals surface area contributed by atoms with Crippen LogP contribution in [0.2, 0.25) is 0 Å². The Labute approximate surface area is 131 Å². The number of ketones is 1. The Bertz CT molecular complexity index is 625. The molecule has 1 unspecified atom stereocenters. The molecule has 1 N–H and O–H groups in total. The highest BCUT2D eigenvalue weighted by atomic mass is 16.5. The summed E-state index contributed by atoms with van der Waals surface area (Å²) in [5.41, 5.74) is 1.67. The Morgan fingerprint density at radius 1 is 1.09 bits per heavy atom. The lowest BCUT2D eigenvalue weighted by Gasteiger charge is -2.15. The molecule has 0 aliphatic carbocycles. The number of carbonyl (C=O) groups excluding carboxylic acids is 1. The highest BCUT2D eigenvalue weighted by molar-refractivity contribution is 6.00. The first-order valence-electron chi connectivity index (χ1n) is 7.19. The van der Waals surface area contributed by atoms with Gasteiger partial charge in [0, 0.05) is 6.04 Å². The van der Waals surface area contributed by atoms with Gasteiger partial charge in [0.2, 0.25) is 0 Å². The monoisotopic (exact) mass is 299 g/mol. The highest BCUT2D eigenvalue weighted by Gasteiger charge is 2.15. The molecule has 0 bridgehead atoms. The summed E-state index contributed by atoms with van der Waals surface area (Å²) >= 11 is 0. The topological polar surface area (TPSA) is 47.6 Å². The smallest absolute Gasteiger partial charge is 0.180 e. The molecule has 0 amide bonds. The summed E-state index contributed by atoms with van der Waals surface area (Å²) in [6, 6.07) is 15.3. The molecule has 0 radical (unpaired) electrons. The molecule has 0 aromatic heterocycles. The molecule has 2 rings (SSSR count).